The molecule has 10 heteroatoms. The SMILES string of the molecule is CC(C)N(C=N)C(=N)c1cccc(N2CCN(c3ccc(N4CCC(N(C)C)CC4)nc3)C2=O)n1. The van der Waals surface area contributed by atoms with Gasteiger partial charge in [-0.15, -0.1) is 0 Å². The summed E-state index contributed by atoms with van der Waals surface area (Å²) >= 11 is 0. The molecule has 4 heterocycles. The van der Waals surface area contributed by atoms with E-state index >= 15 is 0 Å². The van der Waals surface area contributed by atoms with E-state index in [-0.39, 0.29) is 17.9 Å². The number of nitrogens with one attached hydrogen (secondary N) is 2. The van der Waals surface area contributed by atoms with Crippen LogP contribution in [0.15, 0.2) is 36.5 Å². The van der Waals surface area contributed by atoms with E-state index in [1.807, 2.05) is 26.0 Å². The van der Waals surface area contributed by atoms with Gasteiger partial charge in [0.25, 0.3) is 0 Å². The fourth-order valence-corrected chi connectivity index (χ4v) is 4.63. The Labute approximate surface area is 207 Å². The summed E-state index contributed by atoms with van der Waals surface area (Å²) in [5.74, 6) is 1.58. The van der Waals surface area contributed by atoms with Gasteiger partial charge in [-0.3, -0.25) is 20.6 Å². The lowest BCUT2D eigenvalue weighted by Crippen LogP contribution is -2.42. The molecule has 0 unspecified atom stereocenters. The molecule has 2 saturated heterocycles. The maximum atomic E-state index is 13.2. The van der Waals surface area contributed by atoms with Crippen molar-refractivity contribution in [2.75, 3.05) is 55.0 Å². The number of amides is 2. The van der Waals surface area contributed by atoms with E-state index < -0.39 is 0 Å². The topological polar surface area (TPSA) is 107 Å². The molecular weight excluding hydrogens is 442 g/mol. The predicted octanol–water partition coefficient (Wildman–Crippen LogP) is 3.10. The number of hydrogen-bond donors (Lipinski definition) is 2. The van der Waals surface area contributed by atoms with Gasteiger partial charge in [-0.1, -0.05) is 6.07 Å². The second-order valence-electron chi connectivity index (χ2n) is 9.50. The number of urea groups is 1. The lowest BCUT2D eigenvalue weighted by atomic mass is 10.0. The zero-order chi connectivity index (χ0) is 25.1. The number of aromatic nitrogens is 2. The normalized spacial score (nSPS) is 17.0. The van der Waals surface area contributed by atoms with E-state index in [4.69, 9.17) is 10.8 Å². The van der Waals surface area contributed by atoms with Crippen LogP contribution >= 0.6 is 0 Å². The summed E-state index contributed by atoms with van der Waals surface area (Å²) in [5.41, 5.74) is 1.19. The Morgan fingerprint density at radius 3 is 2.37 bits per heavy atom. The number of piperidine rings is 1. The van der Waals surface area contributed by atoms with Crippen molar-refractivity contribution in [2.45, 2.75) is 38.8 Å². The molecule has 2 aromatic heterocycles. The number of carbonyl (C=O) groups excluding carboxylic acids is 1. The Morgan fingerprint density at radius 2 is 1.77 bits per heavy atom. The molecule has 2 amide bonds. The Kier molecular flexibility index (Phi) is 7.30. The highest BCUT2D eigenvalue weighted by Crippen LogP contribution is 2.26. The van der Waals surface area contributed by atoms with Gasteiger partial charge in [0.15, 0.2) is 5.84 Å². The fourth-order valence-electron chi connectivity index (χ4n) is 4.63. The first-order valence-corrected chi connectivity index (χ1v) is 12.1. The molecule has 2 aliphatic heterocycles. The Bertz CT molecular complexity index is 1060. The average Bonchev–Trinajstić information content (AvgIpc) is 3.25. The molecule has 0 aliphatic carbocycles. The monoisotopic (exact) mass is 477 g/mol. The van der Waals surface area contributed by atoms with Crippen LogP contribution in [0.4, 0.5) is 22.1 Å². The van der Waals surface area contributed by atoms with Gasteiger partial charge in [-0.2, -0.15) is 0 Å². The molecule has 10 nitrogen and oxygen atoms in total. The lowest BCUT2D eigenvalue weighted by Gasteiger charge is -2.35. The molecular formula is C25H35N9O. The van der Waals surface area contributed by atoms with E-state index in [0.717, 1.165) is 43.8 Å². The van der Waals surface area contributed by atoms with Gasteiger partial charge in [0, 0.05) is 38.3 Å². The summed E-state index contributed by atoms with van der Waals surface area (Å²) in [6, 6.07) is 9.69. The van der Waals surface area contributed by atoms with Crippen LogP contribution in [0.3, 0.4) is 0 Å². The zero-order valence-electron chi connectivity index (χ0n) is 21.0. The number of anilines is 3. The van der Waals surface area contributed by atoms with Crippen molar-refractivity contribution in [1.29, 1.82) is 10.8 Å². The molecule has 35 heavy (non-hydrogen) atoms. The summed E-state index contributed by atoms with van der Waals surface area (Å²) in [6.45, 7) is 6.83. The van der Waals surface area contributed by atoms with Crippen molar-refractivity contribution in [1.82, 2.24) is 19.8 Å². The third-order valence-electron chi connectivity index (χ3n) is 6.78. The number of pyridine rings is 2. The minimum Gasteiger partial charge on any atom is -0.357 e. The summed E-state index contributed by atoms with van der Waals surface area (Å²) in [6.07, 6.45) is 5.15. The predicted molar refractivity (Wildman–Crippen MR) is 140 cm³/mol. The van der Waals surface area contributed by atoms with Crippen molar-refractivity contribution in [3.8, 4) is 0 Å². The number of rotatable bonds is 7. The third kappa shape index (κ3) is 5.12. The standard InChI is InChI=1S/C25H35N9O/c1-18(2)34(17-26)24(27)21-6-5-7-23(29-21)33-15-14-32(25(33)35)20-8-9-22(28-16-20)31-12-10-19(11-13-31)30(3)4/h5-9,16-19,26-27H,10-15H2,1-4H3. The Balaban J connectivity index is 1.44. The van der Waals surface area contributed by atoms with Gasteiger partial charge >= 0.3 is 6.03 Å². The number of nitrogens with zero attached hydrogens (tertiary/aromatic N) is 7. The molecule has 0 spiro atoms. The first kappa shape index (κ1) is 24.6. The molecule has 4 rings (SSSR count). The van der Waals surface area contributed by atoms with Gasteiger partial charge in [0.1, 0.15) is 17.3 Å². The highest BCUT2D eigenvalue weighted by atomic mass is 16.2. The zero-order valence-corrected chi connectivity index (χ0v) is 21.0. The van der Waals surface area contributed by atoms with Crippen LogP contribution in [-0.4, -0.2) is 90.3 Å². The Hall–Kier alpha value is -3.53. The molecule has 0 aromatic carbocycles. The lowest BCUT2D eigenvalue weighted by molar-refractivity contribution is 0.249. The molecule has 0 bridgehead atoms. The van der Waals surface area contributed by atoms with Crippen LogP contribution in [0.1, 0.15) is 32.4 Å². The summed E-state index contributed by atoms with van der Waals surface area (Å²) in [7, 11) is 4.27. The smallest absolute Gasteiger partial charge is 0.330 e. The van der Waals surface area contributed by atoms with Crippen LogP contribution in [-0.2, 0) is 0 Å². The van der Waals surface area contributed by atoms with Crippen molar-refractivity contribution in [3.63, 3.8) is 0 Å². The van der Waals surface area contributed by atoms with Crippen molar-refractivity contribution in [2.24, 2.45) is 0 Å². The van der Waals surface area contributed by atoms with E-state index in [0.29, 0.717) is 30.6 Å². The summed E-state index contributed by atoms with van der Waals surface area (Å²) in [5, 5.41) is 16.0. The average molecular weight is 478 g/mol. The van der Waals surface area contributed by atoms with E-state index in [1.165, 1.54) is 4.90 Å². The molecule has 2 fully saturated rings. The molecule has 0 atom stereocenters. The molecule has 2 aromatic rings. The van der Waals surface area contributed by atoms with Crippen LogP contribution in [0.25, 0.3) is 0 Å². The largest absolute Gasteiger partial charge is 0.357 e. The Morgan fingerprint density at radius 1 is 1.06 bits per heavy atom. The molecule has 186 valence electrons. The van der Waals surface area contributed by atoms with Crippen molar-refractivity contribution in [3.05, 3.63) is 42.2 Å². The molecule has 2 aliphatic rings. The number of amidine groups is 1. The maximum Gasteiger partial charge on any atom is 0.330 e. The molecule has 0 radical (unpaired) electrons. The minimum atomic E-state index is -0.157. The fraction of sp³-hybridized carbons (Fsp3) is 0.480. The van der Waals surface area contributed by atoms with Crippen LogP contribution in [0.5, 0.6) is 0 Å². The first-order chi connectivity index (χ1) is 16.8. The first-order valence-electron chi connectivity index (χ1n) is 12.1. The van der Waals surface area contributed by atoms with Gasteiger partial charge < -0.3 is 14.7 Å². The third-order valence-corrected chi connectivity index (χ3v) is 6.78. The quantitative estimate of drug-likeness (QED) is 0.469. The highest BCUT2D eigenvalue weighted by Gasteiger charge is 2.32. The van der Waals surface area contributed by atoms with Crippen molar-refractivity contribution >= 4 is 35.5 Å². The summed E-state index contributed by atoms with van der Waals surface area (Å²) in [4.78, 5) is 31.9. The second-order valence-corrected chi connectivity index (χ2v) is 9.50. The molecule has 2 N–H and O–H groups in total. The number of hydrogen-bond acceptors (Lipinski definition) is 7. The maximum absolute atomic E-state index is 13.2. The second kappa shape index (κ2) is 10.4. The van der Waals surface area contributed by atoms with Gasteiger partial charge in [0.05, 0.1) is 18.2 Å². The summed E-state index contributed by atoms with van der Waals surface area (Å²) < 4.78 is 0. The van der Waals surface area contributed by atoms with Gasteiger partial charge in [-0.05, 0) is 65.0 Å². The van der Waals surface area contributed by atoms with Crippen molar-refractivity contribution < 1.29 is 4.79 Å². The van der Waals surface area contributed by atoms with E-state index in [1.54, 1.807) is 34.2 Å². The van der Waals surface area contributed by atoms with E-state index in [2.05, 4.69) is 33.9 Å². The van der Waals surface area contributed by atoms with Crippen LogP contribution in [0, 0.1) is 10.8 Å². The van der Waals surface area contributed by atoms with Crippen LogP contribution in [0.2, 0.25) is 0 Å². The molecule has 0 saturated carbocycles. The van der Waals surface area contributed by atoms with Crippen LogP contribution < -0.4 is 14.7 Å². The minimum absolute atomic E-state index is 0.0378. The van der Waals surface area contributed by atoms with Gasteiger partial charge in [0.2, 0.25) is 0 Å². The van der Waals surface area contributed by atoms with Gasteiger partial charge in [-0.25, -0.2) is 14.8 Å². The number of carbonyl (C=O) groups is 1. The van der Waals surface area contributed by atoms with E-state index in [9.17, 15) is 4.79 Å². The highest BCUT2D eigenvalue weighted by molar-refractivity contribution is 6.06.